The van der Waals surface area contributed by atoms with Gasteiger partial charge in [0, 0.05) is 61.5 Å². The zero-order valence-electron chi connectivity index (χ0n) is 16.5. The summed E-state index contributed by atoms with van der Waals surface area (Å²) >= 11 is 1.66. The summed E-state index contributed by atoms with van der Waals surface area (Å²) in [6.07, 6.45) is 7.64. The molecule has 154 valence electrons. The van der Waals surface area contributed by atoms with Gasteiger partial charge in [-0.15, -0.1) is 11.3 Å². The molecule has 0 saturated carbocycles. The summed E-state index contributed by atoms with van der Waals surface area (Å²) in [7, 11) is 0. The molecule has 3 aromatic heterocycles. The van der Waals surface area contributed by atoms with Crippen molar-refractivity contribution in [2.24, 2.45) is 5.41 Å². The minimum absolute atomic E-state index is 0.0000873. The smallest absolute Gasteiger partial charge is 0.285 e. The summed E-state index contributed by atoms with van der Waals surface area (Å²) < 4.78 is 1.98. The molecule has 1 spiro atoms. The fourth-order valence-electron chi connectivity index (χ4n) is 4.40. The third-order valence-corrected chi connectivity index (χ3v) is 6.81. The number of amides is 1. The zero-order valence-corrected chi connectivity index (χ0v) is 17.3. The summed E-state index contributed by atoms with van der Waals surface area (Å²) in [6, 6.07) is 5.83. The molecule has 0 bridgehead atoms. The summed E-state index contributed by atoms with van der Waals surface area (Å²) in [5.41, 5.74) is -0.337. The van der Waals surface area contributed by atoms with Crippen LogP contribution in [0.4, 0.5) is 5.95 Å². The molecule has 1 N–H and O–H groups in total. The quantitative estimate of drug-likeness (QED) is 0.670. The van der Waals surface area contributed by atoms with Gasteiger partial charge in [0.25, 0.3) is 11.5 Å². The Balaban J connectivity index is 1.28. The van der Waals surface area contributed by atoms with Gasteiger partial charge in [-0.2, -0.15) is 4.98 Å². The van der Waals surface area contributed by atoms with E-state index in [2.05, 4.69) is 25.2 Å². The molecule has 9 heteroatoms. The van der Waals surface area contributed by atoms with Crippen molar-refractivity contribution in [2.75, 3.05) is 24.5 Å². The fourth-order valence-corrected chi connectivity index (χ4v) is 5.11. The first-order chi connectivity index (χ1) is 14.6. The van der Waals surface area contributed by atoms with Crippen molar-refractivity contribution < 1.29 is 4.79 Å². The first-order valence-electron chi connectivity index (χ1n) is 10.0. The van der Waals surface area contributed by atoms with Crippen molar-refractivity contribution in [3.8, 4) is 0 Å². The molecule has 30 heavy (non-hydrogen) atoms. The molecule has 1 saturated heterocycles. The topological polar surface area (TPSA) is 93.0 Å². The van der Waals surface area contributed by atoms with E-state index in [9.17, 15) is 9.59 Å². The lowest BCUT2D eigenvalue weighted by Crippen LogP contribution is -2.32. The Morgan fingerprint density at radius 1 is 1.23 bits per heavy atom. The van der Waals surface area contributed by atoms with Crippen LogP contribution in [0.15, 0.2) is 47.0 Å². The van der Waals surface area contributed by atoms with Crippen molar-refractivity contribution in [3.63, 3.8) is 0 Å². The second-order valence-corrected chi connectivity index (χ2v) is 9.02. The predicted molar refractivity (Wildman–Crippen MR) is 114 cm³/mol. The van der Waals surface area contributed by atoms with Gasteiger partial charge >= 0.3 is 0 Å². The van der Waals surface area contributed by atoms with Crippen LogP contribution in [0, 0.1) is 5.41 Å². The Bertz CT molecular complexity index is 1110. The normalized spacial score (nSPS) is 19.9. The monoisotopic (exact) mass is 422 g/mol. The highest BCUT2D eigenvalue weighted by Crippen LogP contribution is 2.40. The number of carbonyl (C=O) groups is 1. The van der Waals surface area contributed by atoms with Crippen LogP contribution in [0.3, 0.4) is 0 Å². The number of hydrogen-bond donors (Lipinski definition) is 1. The fraction of sp³-hybridized carbons (Fsp3) is 0.381. The Labute approximate surface area is 177 Å². The average Bonchev–Trinajstić information content (AvgIpc) is 3.48. The van der Waals surface area contributed by atoms with Crippen LogP contribution < -0.4 is 15.8 Å². The van der Waals surface area contributed by atoms with E-state index < -0.39 is 5.56 Å². The van der Waals surface area contributed by atoms with Crippen molar-refractivity contribution >= 4 is 23.2 Å². The van der Waals surface area contributed by atoms with Gasteiger partial charge in [-0.25, -0.2) is 9.97 Å². The van der Waals surface area contributed by atoms with Gasteiger partial charge in [0.05, 0.1) is 0 Å². The van der Waals surface area contributed by atoms with Crippen LogP contribution in [0.25, 0.3) is 0 Å². The highest BCUT2D eigenvalue weighted by Gasteiger charge is 2.44. The molecule has 1 fully saturated rings. The zero-order chi connectivity index (χ0) is 20.6. The van der Waals surface area contributed by atoms with Gasteiger partial charge in [0.1, 0.15) is 11.4 Å². The number of aromatic nitrogens is 4. The molecule has 2 aliphatic rings. The minimum Gasteiger partial charge on any atom is -0.351 e. The van der Waals surface area contributed by atoms with E-state index in [1.165, 1.54) is 4.88 Å². The van der Waals surface area contributed by atoms with Crippen molar-refractivity contribution in [1.82, 2.24) is 24.8 Å². The first kappa shape index (κ1) is 18.9. The molecular formula is C21H22N6O2S. The van der Waals surface area contributed by atoms with Gasteiger partial charge in [-0.05, 0) is 30.4 Å². The number of rotatable bonds is 5. The SMILES string of the molecule is O=C(NCCc1cccs1)c1cn2c(nc1=O)C[C@]1(CCN(c3ncccn3)C1)C2. The van der Waals surface area contributed by atoms with Crippen LogP contribution >= 0.6 is 11.3 Å². The van der Waals surface area contributed by atoms with Crippen LogP contribution in [0.5, 0.6) is 0 Å². The number of fused-ring (bicyclic) bond motifs is 1. The Hall–Kier alpha value is -3.07. The lowest BCUT2D eigenvalue weighted by atomic mass is 9.86. The second-order valence-electron chi connectivity index (χ2n) is 7.99. The highest BCUT2D eigenvalue weighted by atomic mass is 32.1. The summed E-state index contributed by atoms with van der Waals surface area (Å²) in [5.74, 6) is 1.13. The maximum atomic E-state index is 12.6. The van der Waals surface area contributed by atoms with E-state index >= 15 is 0 Å². The molecule has 2 aliphatic heterocycles. The largest absolute Gasteiger partial charge is 0.351 e. The average molecular weight is 423 g/mol. The molecule has 8 nitrogen and oxygen atoms in total. The Kier molecular flexibility index (Phi) is 4.82. The molecule has 0 unspecified atom stereocenters. The molecular weight excluding hydrogens is 400 g/mol. The lowest BCUT2D eigenvalue weighted by Gasteiger charge is -2.22. The lowest BCUT2D eigenvalue weighted by molar-refractivity contribution is 0.0951. The van der Waals surface area contributed by atoms with Gasteiger partial charge in [-0.3, -0.25) is 9.59 Å². The highest BCUT2D eigenvalue weighted by molar-refractivity contribution is 7.09. The number of hydrogen-bond acceptors (Lipinski definition) is 7. The molecule has 3 aromatic rings. The van der Waals surface area contributed by atoms with E-state index in [0.29, 0.717) is 6.54 Å². The van der Waals surface area contributed by atoms with E-state index in [0.717, 1.165) is 50.7 Å². The van der Waals surface area contributed by atoms with E-state index in [1.54, 1.807) is 29.9 Å². The predicted octanol–water partition coefficient (Wildman–Crippen LogP) is 1.52. The number of anilines is 1. The van der Waals surface area contributed by atoms with Gasteiger partial charge < -0.3 is 14.8 Å². The third-order valence-electron chi connectivity index (χ3n) is 5.87. The number of nitrogens with one attached hydrogen (secondary N) is 1. The summed E-state index contributed by atoms with van der Waals surface area (Å²) in [4.78, 5) is 41.4. The Morgan fingerprint density at radius 2 is 2.10 bits per heavy atom. The molecule has 5 heterocycles. The minimum atomic E-state index is -0.451. The van der Waals surface area contributed by atoms with E-state index in [1.807, 2.05) is 28.1 Å². The van der Waals surface area contributed by atoms with E-state index in [4.69, 9.17) is 0 Å². The maximum absolute atomic E-state index is 12.6. The van der Waals surface area contributed by atoms with Crippen molar-refractivity contribution in [2.45, 2.75) is 25.8 Å². The number of nitrogens with zero attached hydrogens (tertiary/aromatic N) is 5. The van der Waals surface area contributed by atoms with Crippen LogP contribution in [0.1, 0.15) is 27.5 Å². The van der Waals surface area contributed by atoms with Crippen LogP contribution in [-0.4, -0.2) is 45.1 Å². The van der Waals surface area contributed by atoms with Crippen molar-refractivity contribution in [1.29, 1.82) is 0 Å². The summed E-state index contributed by atoms with van der Waals surface area (Å²) in [6.45, 7) is 2.93. The molecule has 0 aromatic carbocycles. The maximum Gasteiger partial charge on any atom is 0.285 e. The van der Waals surface area contributed by atoms with Crippen LogP contribution in [0.2, 0.25) is 0 Å². The van der Waals surface area contributed by atoms with Crippen LogP contribution in [-0.2, 0) is 19.4 Å². The summed E-state index contributed by atoms with van der Waals surface area (Å²) in [5, 5.41) is 4.86. The molecule has 1 amide bonds. The third kappa shape index (κ3) is 3.60. The standard InChI is InChI=1S/C21H22N6O2S/c28-18(22-8-4-15-3-1-10-30-15)16-12-27-14-21(11-17(27)25-19(16)29)5-9-26(13-21)20-23-6-2-7-24-20/h1-3,6-7,10,12H,4-5,8-9,11,13-14H2,(H,22,28)/t21-/m0/s1. The van der Waals surface area contributed by atoms with Crippen molar-refractivity contribution in [3.05, 3.63) is 68.8 Å². The van der Waals surface area contributed by atoms with Gasteiger partial charge in [-0.1, -0.05) is 6.07 Å². The Morgan fingerprint density at radius 3 is 2.90 bits per heavy atom. The number of carbonyl (C=O) groups excluding carboxylic acids is 1. The number of thiophene rings is 1. The molecule has 5 rings (SSSR count). The van der Waals surface area contributed by atoms with Gasteiger partial charge in [0.2, 0.25) is 5.95 Å². The second kappa shape index (κ2) is 7.64. The molecule has 0 radical (unpaired) electrons. The first-order valence-corrected chi connectivity index (χ1v) is 10.9. The van der Waals surface area contributed by atoms with E-state index in [-0.39, 0.29) is 16.9 Å². The van der Waals surface area contributed by atoms with Gasteiger partial charge in [0.15, 0.2) is 0 Å². The molecule has 1 atom stereocenters. The molecule has 0 aliphatic carbocycles.